The molecule has 1 aromatic heterocycles. The number of hydrogen-bond donors (Lipinski definition) is 1. The lowest BCUT2D eigenvalue weighted by Crippen LogP contribution is -2.27. The normalized spacial score (nSPS) is 15.2. The van der Waals surface area contributed by atoms with Gasteiger partial charge in [0.05, 0.1) is 0 Å². The van der Waals surface area contributed by atoms with Gasteiger partial charge in [-0.3, -0.25) is 0 Å². The van der Waals surface area contributed by atoms with Gasteiger partial charge in [0.2, 0.25) is 0 Å². The van der Waals surface area contributed by atoms with Gasteiger partial charge in [0.15, 0.2) is 0 Å². The molecule has 1 nitrogen and oxygen atoms in total. The number of nitrogens with one attached hydrogen (secondary N) is 1. The highest BCUT2D eigenvalue weighted by Gasteiger charge is 2.08. The third-order valence-corrected chi connectivity index (χ3v) is 4.68. The zero-order chi connectivity index (χ0) is 11.3. The Labute approximate surface area is 105 Å². The molecule has 3 heteroatoms. The minimum absolute atomic E-state index is 0.606. The molecule has 0 saturated heterocycles. The van der Waals surface area contributed by atoms with E-state index in [1.807, 2.05) is 0 Å². The maximum absolute atomic E-state index is 3.57. The molecule has 1 aromatic rings. The SMILES string of the molecule is CCC(C)CC(C)NCc1sccc1Br. The third-order valence-electron chi connectivity index (χ3n) is 2.75. The van der Waals surface area contributed by atoms with Gasteiger partial charge in [0.25, 0.3) is 0 Å². The lowest BCUT2D eigenvalue weighted by molar-refractivity contribution is 0.413. The molecule has 0 aromatic carbocycles. The van der Waals surface area contributed by atoms with Crippen molar-refractivity contribution < 1.29 is 0 Å². The van der Waals surface area contributed by atoms with E-state index in [1.165, 1.54) is 22.2 Å². The van der Waals surface area contributed by atoms with E-state index >= 15 is 0 Å². The molecule has 0 saturated carbocycles. The predicted molar refractivity (Wildman–Crippen MR) is 72.4 cm³/mol. The zero-order valence-electron chi connectivity index (χ0n) is 9.72. The van der Waals surface area contributed by atoms with E-state index in [1.54, 1.807) is 11.3 Å². The first-order valence-electron chi connectivity index (χ1n) is 5.58. The van der Waals surface area contributed by atoms with Crippen LogP contribution in [0.1, 0.15) is 38.5 Å². The van der Waals surface area contributed by atoms with Crippen LogP contribution in [-0.2, 0) is 6.54 Å². The summed E-state index contributed by atoms with van der Waals surface area (Å²) >= 11 is 5.36. The molecule has 0 spiro atoms. The van der Waals surface area contributed by atoms with Gasteiger partial charge in [-0.1, -0.05) is 20.3 Å². The van der Waals surface area contributed by atoms with Crippen molar-refractivity contribution in [3.05, 3.63) is 20.8 Å². The molecule has 1 N–H and O–H groups in total. The molecule has 0 amide bonds. The first kappa shape index (κ1) is 13.2. The van der Waals surface area contributed by atoms with Gasteiger partial charge in [-0.05, 0) is 46.6 Å². The molecule has 0 aliphatic heterocycles. The maximum atomic E-state index is 3.57. The minimum Gasteiger partial charge on any atom is -0.309 e. The molecule has 0 aliphatic rings. The topological polar surface area (TPSA) is 12.0 Å². The Morgan fingerprint density at radius 1 is 1.47 bits per heavy atom. The van der Waals surface area contributed by atoms with Crippen LogP contribution in [-0.4, -0.2) is 6.04 Å². The molecule has 2 unspecified atom stereocenters. The summed E-state index contributed by atoms with van der Waals surface area (Å²) in [5.41, 5.74) is 0. The molecule has 86 valence electrons. The first-order valence-corrected chi connectivity index (χ1v) is 7.26. The summed E-state index contributed by atoms with van der Waals surface area (Å²) in [6.45, 7) is 7.83. The Kier molecular flexibility index (Phi) is 5.87. The van der Waals surface area contributed by atoms with Gasteiger partial charge in [0, 0.05) is 21.9 Å². The molecule has 1 rings (SSSR count). The quantitative estimate of drug-likeness (QED) is 0.817. The lowest BCUT2D eigenvalue weighted by Gasteiger charge is -2.17. The first-order chi connectivity index (χ1) is 7.13. The van der Waals surface area contributed by atoms with E-state index in [2.05, 4.69) is 53.5 Å². The van der Waals surface area contributed by atoms with E-state index < -0.39 is 0 Å². The minimum atomic E-state index is 0.606. The average molecular weight is 290 g/mol. The van der Waals surface area contributed by atoms with E-state index in [4.69, 9.17) is 0 Å². The van der Waals surface area contributed by atoms with Crippen molar-refractivity contribution in [1.29, 1.82) is 0 Å². The number of hydrogen-bond acceptors (Lipinski definition) is 2. The molecule has 15 heavy (non-hydrogen) atoms. The van der Waals surface area contributed by atoms with Gasteiger partial charge >= 0.3 is 0 Å². The van der Waals surface area contributed by atoms with Crippen molar-refractivity contribution in [2.24, 2.45) is 5.92 Å². The van der Waals surface area contributed by atoms with E-state index in [-0.39, 0.29) is 0 Å². The highest BCUT2D eigenvalue weighted by Crippen LogP contribution is 2.22. The molecule has 1 heterocycles. The van der Waals surface area contributed by atoms with E-state index in [0.717, 1.165) is 12.5 Å². The highest BCUT2D eigenvalue weighted by atomic mass is 79.9. The van der Waals surface area contributed by atoms with E-state index in [9.17, 15) is 0 Å². The van der Waals surface area contributed by atoms with Gasteiger partial charge in [0.1, 0.15) is 0 Å². The van der Waals surface area contributed by atoms with Gasteiger partial charge in [-0.25, -0.2) is 0 Å². The van der Waals surface area contributed by atoms with Crippen LogP contribution in [0.25, 0.3) is 0 Å². The van der Waals surface area contributed by atoms with Gasteiger partial charge in [-0.15, -0.1) is 11.3 Å². The maximum Gasteiger partial charge on any atom is 0.0327 e. The summed E-state index contributed by atoms with van der Waals surface area (Å²) < 4.78 is 1.23. The number of thiophene rings is 1. The Balaban J connectivity index is 2.28. The summed E-state index contributed by atoms with van der Waals surface area (Å²) in [7, 11) is 0. The van der Waals surface area contributed by atoms with Crippen molar-refractivity contribution in [2.75, 3.05) is 0 Å². The average Bonchev–Trinajstić information content (AvgIpc) is 2.61. The summed E-state index contributed by atoms with van der Waals surface area (Å²) in [6.07, 6.45) is 2.54. The molecule has 0 radical (unpaired) electrons. The fourth-order valence-electron chi connectivity index (χ4n) is 1.57. The van der Waals surface area contributed by atoms with Crippen LogP contribution in [0.3, 0.4) is 0 Å². The second-order valence-corrected chi connectivity index (χ2v) is 6.08. The second-order valence-electron chi connectivity index (χ2n) is 4.22. The Morgan fingerprint density at radius 3 is 2.73 bits per heavy atom. The Hall–Kier alpha value is 0.140. The molecule has 0 fully saturated rings. The summed E-state index contributed by atoms with van der Waals surface area (Å²) in [6, 6.07) is 2.72. The largest absolute Gasteiger partial charge is 0.309 e. The van der Waals surface area contributed by atoms with E-state index in [0.29, 0.717) is 6.04 Å². The summed E-state index contributed by atoms with van der Waals surface area (Å²) in [5, 5.41) is 5.70. The van der Waals surface area contributed by atoms with Crippen LogP contribution in [0.5, 0.6) is 0 Å². The number of halogens is 1. The van der Waals surface area contributed by atoms with Gasteiger partial charge in [-0.2, -0.15) is 0 Å². The monoisotopic (exact) mass is 289 g/mol. The molecular weight excluding hydrogens is 270 g/mol. The highest BCUT2D eigenvalue weighted by molar-refractivity contribution is 9.10. The Bertz CT molecular complexity index is 285. The van der Waals surface area contributed by atoms with Crippen LogP contribution in [0.15, 0.2) is 15.9 Å². The van der Waals surface area contributed by atoms with Crippen molar-refractivity contribution in [3.63, 3.8) is 0 Å². The van der Waals surface area contributed by atoms with Crippen molar-refractivity contribution in [1.82, 2.24) is 5.32 Å². The van der Waals surface area contributed by atoms with Crippen LogP contribution in [0, 0.1) is 5.92 Å². The summed E-state index contributed by atoms with van der Waals surface area (Å²) in [4.78, 5) is 1.39. The van der Waals surface area contributed by atoms with Crippen LogP contribution < -0.4 is 5.32 Å². The fourth-order valence-corrected chi connectivity index (χ4v) is 3.02. The lowest BCUT2D eigenvalue weighted by atomic mass is 10.0. The zero-order valence-corrected chi connectivity index (χ0v) is 12.1. The predicted octanol–water partition coefficient (Wildman–Crippen LogP) is 4.42. The van der Waals surface area contributed by atoms with Crippen LogP contribution in [0.4, 0.5) is 0 Å². The van der Waals surface area contributed by atoms with Crippen LogP contribution in [0.2, 0.25) is 0 Å². The third kappa shape index (κ3) is 4.66. The smallest absolute Gasteiger partial charge is 0.0327 e. The fraction of sp³-hybridized carbons (Fsp3) is 0.667. The van der Waals surface area contributed by atoms with Gasteiger partial charge < -0.3 is 5.32 Å². The Morgan fingerprint density at radius 2 is 2.20 bits per heavy atom. The standard InChI is InChI=1S/C12H20BrNS/c1-4-9(2)7-10(3)14-8-12-11(13)5-6-15-12/h5-6,9-10,14H,4,7-8H2,1-3H3. The molecule has 0 bridgehead atoms. The van der Waals surface area contributed by atoms with Crippen LogP contribution >= 0.6 is 27.3 Å². The second kappa shape index (κ2) is 6.66. The van der Waals surface area contributed by atoms with Crippen molar-refractivity contribution in [2.45, 2.75) is 46.2 Å². The molecular formula is C12H20BrNS. The summed E-state index contributed by atoms with van der Waals surface area (Å²) in [5.74, 6) is 0.819. The number of rotatable bonds is 6. The van der Waals surface area contributed by atoms with Crippen molar-refractivity contribution in [3.8, 4) is 0 Å². The molecule has 2 atom stereocenters. The van der Waals surface area contributed by atoms with Crippen molar-refractivity contribution >= 4 is 27.3 Å². The molecule has 0 aliphatic carbocycles.